The molecule has 0 spiro atoms. The van der Waals surface area contributed by atoms with Crippen molar-refractivity contribution in [2.24, 2.45) is 0 Å². The first kappa shape index (κ1) is 24.2. The standard InChI is InChI=1S/C25H28FN5O4S/c1-25(2,3)35-24(32)30-36(33,34)23-18(26)12-17(21-22(23)28-13-27-21)15-9-10-20-19(11-15)29-14-31(20)16-7-5-4-6-8-16/h9-14,16H,4-8H2,1-3H3,(H,27,28)(H,30,32). The summed E-state index contributed by atoms with van der Waals surface area (Å²) in [6.45, 7) is 4.78. The molecule has 1 saturated carbocycles. The Kier molecular flexibility index (Phi) is 5.98. The zero-order valence-electron chi connectivity index (χ0n) is 20.3. The summed E-state index contributed by atoms with van der Waals surface area (Å²) in [4.78, 5) is 22.9. The number of carbonyl (C=O) groups is 1. The van der Waals surface area contributed by atoms with E-state index in [4.69, 9.17) is 4.74 Å². The lowest BCUT2D eigenvalue weighted by Crippen LogP contribution is -2.36. The predicted octanol–water partition coefficient (Wildman–Crippen LogP) is 5.44. The number of nitrogens with one attached hydrogen (secondary N) is 2. The minimum Gasteiger partial charge on any atom is -0.443 e. The van der Waals surface area contributed by atoms with Gasteiger partial charge >= 0.3 is 6.09 Å². The van der Waals surface area contributed by atoms with Crippen molar-refractivity contribution in [2.75, 3.05) is 0 Å². The largest absolute Gasteiger partial charge is 0.443 e. The van der Waals surface area contributed by atoms with Crippen molar-refractivity contribution in [1.82, 2.24) is 24.2 Å². The van der Waals surface area contributed by atoms with Gasteiger partial charge in [0.25, 0.3) is 10.0 Å². The number of benzene rings is 2. The van der Waals surface area contributed by atoms with E-state index in [2.05, 4.69) is 19.5 Å². The van der Waals surface area contributed by atoms with E-state index in [1.165, 1.54) is 25.6 Å². The first-order valence-electron chi connectivity index (χ1n) is 11.9. The molecule has 1 amide bonds. The van der Waals surface area contributed by atoms with Crippen molar-refractivity contribution in [1.29, 1.82) is 0 Å². The van der Waals surface area contributed by atoms with Gasteiger partial charge in [-0.05, 0) is 57.4 Å². The molecule has 2 aromatic heterocycles. The van der Waals surface area contributed by atoms with Crippen LogP contribution in [0.1, 0.15) is 58.9 Å². The molecule has 1 fully saturated rings. The summed E-state index contributed by atoms with van der Waals surface area (Å²) < 4.78 is 50.2. The van der Waals surface area contributed by atoms with Gasteiger partial charge in [-0.1, -0.05) is 25.3 Å². The maximum absolute atomic E-state index is 15.3. The Morgan fingerprint density at radius 3 is 2.64 bits per heavy atom. The molecule has 1 aliphatic rings. The number of hydrogen-bond donors (Lipinski definition) is 2. The van der Waals surface area contributed by atoms with Crippen LogP contribution in [-0.4, -0.2) is 39.6 Å². The number of halogens is 1. The number of aromatic amines is 1. The average Bonchev–Trinajstić information content (AvgIpc) is 3.44. The van der Waals surface area contributed by atoms with Crippen molar-refractivity contribution in [3.05, 3.63) is 42.7 Å². The third-order valence-corrected chi connectivity index (χ3v) is 7.71. The zero-order chi connectivity index (χ0) is 25.7. The van der Waals surface area contributed by atoms with Crippen LogP contribution in [-0.2, 0) is 14.8 Å². The van der Waals surface area contributed by atoms with E-state index in [9.17, 15) is 13.2 Å². The lowest BCUT2D eigenvalue weighted by molar-refractivity contribution is 0.0570. The van der Waals surface area contributed by atoms with E-state index in [-0.39, 0.29) is 5.52 Å². The third kappa shape index (κ3) is 4.55. The van der Waals surface area contributed by atoms with E-state index in [1.54, 1.807) is 25.5 Å². The van der Waals surface area contributed by atoms with E-state index in [1.807, 2.05) is 24.5 Å². The minimum atomic E-state index is -4.60. The van der Waals surface area contributed by atoms with Crippen molar-refractivity contribution in [2.45, 2.75) is 69.4 Å². The molecule has 0 unspecified atom stereocenters. The highest BCUT2D eigenvalue weighted by atomic mass is 32.2. The quantitative estimate of drug-likeness (QED) is 0.375. The van der Waals surface area contributed by atoms with Gasteiger partial charge in [0, 0.05) is 11.6 Å². The van der Waals surface area contributed by atoms with E-state index < -0.39 is 32.4 Å². The minimum absolute atomic E-state index is 0.117. The maximum atomic E-state index is 15.3. The molecule has 2 aromatic carbocycles. The highest BCUT2D eigenvalue weighted by Crippen LogP contribution is 2.36. The van der Waals surface area contributed by atoms with Crippen molar-refractivity contribution in [3.63, 3.8) is 0 Å². The number of imidazole rings is 2. The van der Waals surface area contributed by atoms with Gasteiger partial charge < -0.3 is 14.3 Å². The molecule has 0 saturated heterocycles. The van der Waals surface area contributed by atoms with Crippen LogP contribution >= 0.6 is 0 Å². The van der Waals surface area contributed by atoms with Crippen molar-refractivity contribution in [3.8, 4) is 11.1 Å². The Labute approximate surface area is 208 Å². The molecule has 0 atom stereocenters. The van der Waals surface area contributed by atoms with Crippen LogP contribution in [0.5, 0.6) is 0 Å². The molecule has 2 N–H and O–H groups in total. The summed E-state index contributed by atoms with van der Waals surface area (Å²) in [5, 5.41) is 0. The number of hydrogen-bond acceptors (Lipinski definition) is 6. The number of rotatable bonds is 4. The second-order valence-electron chi connectivity index (χ2n) is 10.1. The smallest absolute Gasteiger partial charge is 0.421 e. The first-order chi connectivity index (χ1) is 17.0. The van der Waals surface area contributed by atoms with E-state index >= 15 is 4.39 Å². The molecular weight excluding hydrogens is 485 g/mol. The number of nitrogens with zero attached hydrogens (tertiary/aromatic N) is 3. The molecule has 11 heteroatoms. The SMILES string of the molecule is CC(C)(C)OC(=O)NS(=O)(=O)c1c(F)cc(-c2ccc3c(c2)ncn3C2CCCCC2)c2[nH]cnc12. The molecule has 0 aliphatic heterocycles. The highest BCUT2D eigenvalue weighted by molar-refractivity contribution is 7.90. The van der Waals surface area contributed by atoms with Crippen molar-refractivity contribution < 1.29 is 22.3 Å². The van der Waals surface area contributed by atoms with Gasteiger partial charge in [0.15, 0.2) is 4.90 Å². The number of fused-ring (bicyclic) bond motifs is 2. The van der Waals surface area contributed by atoms with Gasteiger partial charge in [-0.3, -0.25) is 0 Å². The van der Waals surface area contributed by atoms with Crippen LogP contribution in [0.4, 0.5) is 9.18 Å². The fourth-order valence-corrected chi connectivity index (χ4v) is 5.93. The predicted molar refractivity (Wildman–Crippen MR) is 133 cm³/mol. The van der Waals surface area contributed by atoms with Gasteiger partial charge in [0.2, 0.25) is 0 Å². The van der Waals surface area contributed by atoms with Crippen LogP contribution in [0.3, 0.4) is 0 Å². The summed E-state index contributed by atoms with van der Waals surface area (Å²) in [5.74, 6) is -1.03. The third-order valence-electron chi connectivity index (χ3n) is 6.35. The van der Waals surface area contributed by atoms with E-state index in [0.29, 0.717) is 22.7 Å². The maximum Gasteiger partial charge on any atom is 0.421 e. The Morgan fingerprint density at radius 2 is 1.92 bits per heavy atom. The summed E-state index contributed by atoms with van der Waals surface area (Å²) in [6.07, 6.45) is 7.87. The fraction of sp³-hybridized carbons (Fsp3) is 0.400. The van der Waals surface area contributed by atoms with Gasteiger partial charge in [0.05, 0.1) is 29.2 Å². The number of aromatic nitrogens is 4. The molecular formula is C25H28FN5O4S. The summed E-state index contributed by atoms with van der Waals surface area (Å²) in [7, 11) is -4.60. The van der Waals surface area contributed by atoms with E-state index in [0.717, 1.165) is 29.9 Å². The monoisotopic (exact) mass is 513 g/mol. The Balaban J connectivity index is 1.53. The highest BCUT2D eigenvalue weighted by Gasteiger charge is 2.30. The molecule has 190 valence electrons. The lowest BCUT2D eigenvalue weighted by Gasteiger charge is -2.23. The Bertz CT molecular complexity index is 1560. The fourth-order valence-electron chi connectivity index (χ4n) is 4.84. The molecule has 1 aliphatic carbocycles. The van der Waals surface area contributed by atoms with Crippen LogP contribution in [0, 0.1) is 5.82 Å². The summed E-state index contributed by atoms with van der Waals surface area (Å²) >= 11 is 0. The number of amides is 1. The molecule has 9 nitrogen and oxygen atoms in total. The van der Waals surface area contributed by atoms with Gasteiger partial charge in [-0.25, -0.2) is 32.3 Å². The molecule has 5 rings (SSSR count). The van der Waals surface area contributed by atoms with Crippen LogP contribution < -0.4 is 4.72 Å². The number of H-pyrrole nitrogens is 1. The number of sulfonamides is 1. The second kappa shape index (κ2) is 8.88. The Morgan fingerprint density at radius 1 is 1.17 bits per heavy atom. The Hall–Kier alpha value is -3.47. The molecule has 0 bridgehead atoms. The van der Waals surface area contributed by atoms with Crippen LogP contribution in [0.25, 0.3) is 33.2 Å². The molecule has 2 heterocycles. The summed E-state index contributed by atoms with van der Waals surface area (Å²) in [6, 6.07) is 7.24. The van der Waals surface area contributed by atoms with Crippen LogP contribution in [0.15, 0.2) is 41.8 Å². The molecule has 0 radical (unpaired) electrons. The van der Waals surface area contributed by atoms with Crippen molar-refractivity contribution >= 4 is 38.2 Å². The molecule has 4 aromatic rings. The lowest BCUT2D eigenvalue weighted by atomic mass is 9.95. The van der Waals surface area contributed by atoms with Crippen LogP contribution in [0.2, 0.25) is 0 Å². The van der Waals surface area contributed by atoms with Gasteiger partial charge in [-0.15, -0.1) is 0 Å². The van der Waals surface area contributed by atoms with Gasteiger partial charge in [-0.2, -0.15) is 0 Å². The second-order valence-corrected chi connectivity index (χ2v) is 11.7. The molecule has 36 heavy (non-hydrogen) atoms. The summed E-state index contributed by atoms with van der Waals surface area (Å²) in [5.41, 5.74) is 2.16. The first-order valence-corrected chi connectivity index (χ1v) is 13.4. The topological polar surface area (TPSA) is 119 Å². The zero-order valence-corrected chi connectivity index (χ0v) is 21.2. The average molecular weight is 514 g/mol. The number of carbonyl (C=O) groups excluding carboxylic acids is 1. The number of ether oxygens (including phenoxy) is 1. The van der Waals surface area contributed by atoms with Gasteiger partial charge in [0.1, 0.15) is 16.9 Å². The normalized spacial score (nSPS) is 15.4.